The van der Waals surface area contributed by atoms with Crippen LogP contribution in [0, 0.1) is 5.92 Å². The van der Waals surface area contributed by atoms with Gasteiger partial charge in [0.25, 0.3) is 0 Å². The van der Waals surface area contributed by atoms with E-state index in [-0.39, 0.29) is 0 Å². The van der Waals surface area contributed by atoms with Gasteiger partial charge in [-0.3, -0.25) is 9.88 Å². The summed E-state index contributed by atoms with van der Waals surface area (Å²) < 4.78 is 28.2. The first kappa shape index (κ1) is 19.1. The maximum Gasteiger partial charge on any atom is 0.240 e. The molecule has 2 aromatic carbocycles. The number of rotatable bonds is 6. The number of aromatic nitrogens is 1. The van der Waals surface area contributed by atoms with Gasteiger partial charge in [-0.1, -0.05) is 30.3 Å². The molecule has 1 aliphatic heterocycles. The van der Waals surface area contributed by atoms with Crippen LogP contribution in [0.1, 0.15) is 18.4 Å². The molecular weight excluding hydrogens is 370 g/mol. The third-order valence-electron chi connectivity index (χ3n) is 5.46. The summed E-state index contributed by atoms with van der Waals surface area (Å²) >= 11 is 0. The molecule has 3 aromatic rings. The molecule has 0 saturated carbocycles. The van der Waals surface area contributed by atoms with Crippen LogP contribution in [-0.4, -0.2) is 37.9 Å². The molecule has 0 atom stereocenters. The van der Waals surface area contributed by atoms with Crippen molar-refractivity contribution < 1.29 is 8.42 Å². The van der Waals surface area contributed by atoms with Crippen molar-refractivity contribution >= 4 is 20.8 Å². The molecule has 0 amide bonds. The summed E-state index contributed by atoms with van der Waals surface area (Å²) in [6.45, 7) is 3.41. The molecule has 0 spiro atoms. The average molecular weight is 396 g/mol. The maximum absolute atomic E-state index is 12.7. The average Bonchev–Trinajstić information content (AvgIpc) is 2.74. The second kappa shape index (κ2) is 8.39. The highest BCUT2D eigenvalue weighted by Crippen LogP contribution is 2.21. The van der Waals surface area contributed by atoms with Crippen LogP contribution in [0.25, 0.3) is 10.8 Å². The minimum absolute atomic E-state index is 0.335. The number of nitrogens with one attached hydrogen (secondary N) is 1. The molecule has 0 unspecified atom stereocenters. The topological polar surface area (TPSA) is 62.3 Å². The number of sulfonamides is 1. The Morgan fingerprint density at radius 1 is 0.964 bits per heavy atom. The predicted molar refractivity (Wildman–Crippen MR) is 111 cm³/mol. The molecule has 1 aromatic heterocycles. The van der Waals surface area contributed by atoms with E-state index in [1.807, 2.05) is 54.9 Å². The Labute approximate surface area is 166 Å². The third-order valence-corrected chi connectivity index (χ3v) is 6.88. The molecular formula is C22H25N3O2S. The fraction of sp³-hybridized carbons (Fsp3) is 0.318. The van der Waals surface area contributed by atoms with E-state index in [9.17, 15) is 8.42 Å². The lowest BCUT2D eigenvalue weighted by Crippen LogP contribution is -2.38. The monoisotopic (exact) mass is 395 g/mol. The minimum atomic E-state index is -3.48. The van der Waals surface area contributed by atoms with Crippen LogP contribution in [0.5, 0.6) is 0 Å². The zero-order valence-electron chi connectivity index (χ0n) is 15.8. The fourth-order valence-corrected chi connectivity index (χ4v) is 4.89. The Morgan fingerprint density at radius 3 is 2.43 bits per heavy atom. The van der Waals surface area contributed by atoms with Gasteiger partial charge in [-0.05, 0) is 72.5 Å². The standard InChI is InChI=1S/C22H25N3O2S/c26-28(27,22-6-5-20-3-1-2-4-21(20)15-22)24-16-18-9-13-25(14-10-18)17-19-7-11-23-12-8-19/h1-8,11-12,15,18,24H,9-10,13-14,16-17H2. The van der Waals surface area contributed by atoms with Crippen molar-refractivity contribution in [1.29, 1.82) is 0 Å². The van der Waals surface area contributed by atoms with Crippen molar-refractivity contribution in [2.24, 2.45) is 5.92 Å². The van der Waals surface area contributed by atoms with Crippen molar-refractivity contribution in [2.75, 3.05) is 19.6 Å². The summed E-state index contributed by atoms with van der Waals surface area (Å²) in [7, 11) is -3.48. The van der Waals surface area contributed by atoms with Gasteiger partial charge >= 0.3 is 0 Å². The van der Waals surface area contributed by atoms with Gasteiger partial charge in [-0.2, -0.15) is 0 Å². The molecule has 146 valence electrons. The van der Waals surface area contributed by atoms with Crippen LogP contribution in [0.3, 0.4) is 0 Å². The van der Waals surface area contributed by atoms with Crippen LogP contribution < -0.4 is 4.72 Å². The zero-order chi connectivity index (χ0) is 19.4. The Kier molecular flexibility index (Phi) is 5.71. The van der Waals surface area contributed by atoms with E-state index in [4.69, 9.17) is 0 Å². The van der Waals surface area contributed by atoms with Crippen molar-refractivity contribution in [3.05, 3.63) is 72.6 Å². The summed E-state index contributed by atoms with van der Waals surface area (Å²) in [6.07, 6.45) is 5.66. The summed E-state index contributed by atoms with van der Waals surface area (Å²) in [5.41, 5.74) is 1.27. The first-order chi connectivity index (χ1) is 13.6. The summed E-state index contributed by atoms with van der Waals surface area (Å²) in [6, 6.07) is 17.2. The SMILES string of the molecule is O=S(=O)(NCC1CCN(Cc2ccncc2)CC1)c1ccc2ccccc2c1. The van der Waals surface area contributed by atoms with E-state index >= 15 is 0 Å². The first-order valence-electron chi connectivity index (χ1n) is 9.70. The van der Waals surface area contributed by atoms with Gasteiger partial charge in [0.2, 0.25) is 10.0 Å². The molecule has 1 aliphatic rings. The third kappa shape index (κ3) is 4.58. The largest absolute Gasteiger partial charge is 0.299 e. The number of benzene rings is 2. The van der Waals surface area contributed by atoms with E-state index in [0.29, 0.717) is 17.4 Å². The highest BCUT2D eigenvalue weighted by Gasteiger charge is 2.22. The molecule has 0 aliphatic carbocycles. The maximum atomic E-state index is 12.7. The van der Waals surface area contributed by atoms with Crippen LogP contribution in [0.15, 0.2) is 71.9 Å². The molecule has 0 bridgehead atoms. The number of piperidine rings is 1. The Balaban J connectivity index is 1.31. The number of pyridine rings is 1. The highest BCUT2D eigenvalue weighted by atomic mass is 32.2. The lowest BCUT2D eigenvalue weighted by Gasteiger charge is -2.32. The molecule has 5 nitrogen and oxygen atoms in total. The van der Waals surface area contributed by atoms with E-state index in [1.54, 1.807) is 12.1 Å². The van der Waals surface area contributed by atoms with Gasteiger partial charge in [0.15, 0.2) is 0 Å². The molecule has 1 N–H and O–H groups in total. The zero-order valence-corrected chi connectivity index (χ0v) is 16.6. The van der Waals surface area contributed by atoms with Crippen LogP contribution in [0.4, 0.5) is 0 Å². The quantitative estimate of drug-likeness (QED) is 0.695. The first-order valence-corrected chi connectivity index (χ1v) is 11.2. The van der Waals surface area contributed by atoms with Crippen LogP contribution in [0.2, 0.25) is 0 Å². The fourth-order valence-electron chi connectivity index (χ4n) is 3.74. The Hall–Kier alpha value is -2.28. The Morgan fingerprint density at radius 2 is 1.68 bits per heavy atom. The number of nitrogens with zero attached hydrogens (tertiary/aromatic N) is 2. The molecule has 4 rings (SSSR count). The van der Waals surface area contributed by atoms with E-state index in [1.165, 1.54) is 5.56 Å². The van der Waals surface area contributed by atoms with Gasteiger partial charge in [0, 0.05) is 25.5 Å². The van der Waals surface area contributed by atoms with Gasteiger partial charge in [-0.15, -0.1) is 0 Å². The number of fused-ring (bicyclic) bond motifs is 1. The van der Waals surface area contributed by atoms with Gasteiger partial charge in [-0.25, -0.2) is 13.1 Å². The number of likely N-dealkylation sites (tertiary alicyclic amines) is 1. The minimum Gasteiger partial charge on any atom is -0.299 e. The molecule has 1 fully saturated rings. The van der Waals surface area contributed by atoms with Crippen LogP contribution >= 0.6 is 0 Å². The van der Waals surface area contributed by atoms with Crippen molar-refractivity contribution in [2.45, 2.75) is 24.3 Å². The number of hydrogen-bond donors (Lipinski definition) is 1. The van der Waals surface area contributed by atoms with Gasteiger partial charge in [0.05, 0.1) is 4.90 Å². The summed E-state index contributed by atoms with van der Waals surface area (Å²) in [5.74, 6) is 0.379. The summed E-state index contributed by atoms with van der Waals surface area (Å²) in [4.78, 5) is 6.81. The lowest BCUT2D eigenvalue weighted by molar-refractivity contribution is 0.178. The number of hydrogen-bond acceptors (Lipinski definition) is 4. The highest BCUT2D eigenvalue weighted by molar-refractivity contribution is 7.89. The van der Waals surface area contributed by atoms with Gasteiger partial charge in [0.1, 0.15) is 0 Å². The lowest BCUT2D eigenvalue weighted by atomic mass is 9.97. The smallest absolute Gasteiger partial charge is 0.240 e. The molecule has 1 saturated heterocycles. The molecule has 6 heteroatoms. The van der Waals surface area contributed by atoms with Crippen molar-refractivity contribution in [3.63, 3.8) is 0 Å². The predicted octanol–water partition coefficient (Wildman–Crippen LogP) is 3.43. The van der Waals surface area contributed by atoms with Gasteiger partial charge < -0.3 is 0 Å². The normalized spacial score (nSPS) is 16.4. The second-order valence-corrected chi connectivity index (χ2v) is 9.20. The van der Waals surface area contributed by atoms with Crippen LogP contribution in [-0.2, 0) is 16.6 Å². The van der Waals surface area contributed by atoms with Crippen molar-refractivity contribution in [1.82, 2.24) is 14.6 Å². The molecule has 28 heavy (non-hydrogen) atoms. The molecule has 2 heterocycles. The second-order valence-electron chi connectivity index (χ2n) is 7.44. The molecule has 0 radical (unpaired) electrons. The van der Waals surface area contributed by atoms with Crippen molar-refractivity contribution in [3.8, 4) is 0 Å². The van der Waals surface area contributed by atoms with E-state index < -0.39 is 10.0 Å². The summed E-state index contributed by atoms with van der Waals surface area (Å²) in [5, 5.41) is 1.98. The van der Waals surface area contributed by atoms with E-state index in [2.05, 4.69) is 14.6 Å². The van der Waals surface area contributed by atoms with E-state index in [0.717, 1.165) is 43.2 Å². The Bertz CT molecular complexity index is 1030.